The van der Waals surface area contributed by atoms with Gasteiger partial charge in [0, 0.05) is 16.5 Å². The van der Waals surface area contributed by atoms with Crippen LogP contribution < -0.4 is 5.32 Å². The Morgan fingerprint density at radius 1 is 1.17 bits per heavy atom. The van der Waals surface area contributed by atoms with Crippen molar-refractivity contribution in [3.05, 3.63) is 74.6 Å². The van der Waals surface area contributed by atoms with Gasteiger partial charge in [-0.05, 0) is 19.9 Å². The first-order valence-electron chi connectivity index (χ1n) is 8.58. The molecule has 0 saturated heterocycles. The van der Waals surface area contributed by atoms with E-state index >= 15 is 0 Å². The molecule has 1 aromatic heterocycles. The second-order valence-corrected chi connectivity index (χ2v) is 7.11. The highest BCUT2D eigenvalue weighted by Crippen LogP contribution is 2.26. The van der Waals surface area contributed by atoms with Crippen LogP contribution in [0.4, 0.5) is 10.8 Å². The molecule has 0 unspecified atom stereocenters. The molecule has 0 aliphatic carbocycles. The number of nitro benzene ring substituents is 1. The summed E-state index contributed by atoms with van der Waals surface area (Å²) in [4.78, 5) is 39.1. The summed E-state index contributed by atoms with van der Waals surface area (Å²) in [6, 6.07) is 12.1. The van der Waals surface area contributed by atoms with Crippen molar-refractivity contribution in [1.82, 2.24) is 4.98 Å². The van der Waals surface area contributed by atoms with Crippen LogP contribution in [0.15, 0.2) is 47.8 Å². The third kappa shape index (κ3) is 4.82. The van der Waals surface area contributed by atoms with Gasteiger partial charge in [0.15, 0.2) is 11.7 Å². The Balaban J connectivity index is 1.61. The molecule has 0 atom stereocenters. The average molecular weight is 411 g/mol. The van der Waals surface area contributed by atoms with Crippen molar-refractivity contribution >= 4 is 34.0 Å². The standard InChI is InChI=1S/C20H17N3O5S/c1-12-6-8-14(9-7-12)16-11-29-20(21-16)22-17(24)10-28-19(25)15-5-3-4-13(2)18(15)23(26)27/h3-9,11H,10H2,1-2H3,(H,21,22,24). The quantitative estimate of drug-likeness (QED) is 0.371. The summed E-state index contributed by atoms with van der Waals surface area (Å²) < 4.78 is 4.93. The van der Waals surface area contributed by atoms with E-state index in [9.17, 15) is 19.7 Å². The van der Waals surface area contributed by atoms with Gasteiger partial charge in [-0.15, -0.1) is 11.3 Å². The minimum Gasteiger partial charge on any atom is -0.452 e. The number of anilines is 1. The largest absolute Gasteiger partial charge is 0.452 e. The van der Waals surface area contributed by atoms with Crippen LogP contribution in [0.1, 0.15) is 21.5 Å². The normalized spacial score (nSPS) is 10.4. The molecule has 1 heterocycles. The van der Waals surface area contributed by atoms with E-state index in [1.54, 1.807) is 0 Å². The number of rotatable bonds is 6. The molecule has 0 saturated carbocycles. The number of benzene rings is 2. The van der Waals surface area contributed by atoms with E-state index in [2.05, 4.69) is 10.3 Å². The molecule has 3 rings (SSSR count). The Bertz CT molecular complexity index is 1080. The molecule has 0 aliphatic rings. The smallest absolute Gasteiger partial charge is 0.345 e. The number of carbonyl (C=O) groups excluding carboxylic acids is 2. The Morgan fingerprint density at radius 2 is 1.90 bits per heavy atom. The van der Waals surface area contributed by atoms with Crippen LogP contribution in [0.25, 0.3) is 11.3 Å². The number of ether oxygens (including phenoxy) is 1. The molecule has 8 nitrogen and oxygen atoms in total. The van der Waals surface area contributed by atoms with Gasteiger partial charge in [0.1, 0.15) is 5.56 Å². The van der Waals surface area contributed by atoms with E-state index in [0.29, 0.717) is 10.7 Å². The summed E-state index contributed by atoms with van der Waals surface area (Å²) in [5, 5.41) is 15.9. The molecule has 0 bridgehead atoms. The van der Waals surface area contributed by atoms with Gasteiger partial charge < -0.3 is 4.74 Å². The molecule has 1 amide bonds. The van der Waals surface area contributed by atoms with Gasteiger partial charge in [0.05, 0.1) is 10.6 Å². The number of para-hydroxylation sites is 1. The zero-order valence-corrected chi connectivity index (χ0v) is 16.5. The van der Waals surface area contributed by atoms with Crippen molar-refractivity contribution in [3.63, 3.8) is 0 Å². The lowest BCUT2D eigenvalue weighted by atomic mass is 10.1. The number of hydrogen-bond acceptors (Lipinski definition) is 7. The molecule has 0 spiro atoms. The fourth-order valence-electron chi connectivity index (χ4n) is 2.62. The topological polar surface area (TPSA) is 111 Å². The number of amides is 1. The van der Waals surface area contributed by atoms with Crippen LogP contribution in [0.2, 0.25) is 0 Å². The average Bonchev–Trinajstić information content (AvgIpc) is 3.14. The van der Waals surface area contributed by atoms with Crippen molar-refractivity contribution in [2.75, 3.05) is 11.9 Å². The first-order valence-corrected chi connectivity index (χ1v) is 9.46. The van der Waals surface area contributed by atoms with Gasteiger partial charge in [-0.2, -0.15) is 0 Å². The van der Waals surface area contributed by atoms with E-state index in [1.807, 2.05) is 36.6 Å². The summed E-state index contributed by atoms with van der Waals surface area (Å²) in [7, 11) is 0. The molecule has 2 aromatic carbocycles. The maximum Gasteiger partial charge on any atom is 0.345 e. The molecular weight excluding hydrogens is 394 g/mol. The summed E-state index contributed by atoms with van der Waals surface area (Å²) in [6.45, 7) is 2.93. The number of esters is 1. The predicted molar refractivity (Wildman–Crippen MR) is 109 cm³/mol. The molecular formula is C20H17N3O5S. The van der Waals surface area contributed by atoms with Gasteiger partial charge in [0.2, 0.25) is 0 Å². The second kappa shape index (κ2) is 8.61. The molecule has 29 heavy (non-hydrogen) atoms. The van der Waals surface area contributed by atoms with Crippen molar-refractivity contribution < 1.29 is 19.2 Å². The lowest BCUT2D eigenvalue weighted by Gasteiger charge is -2.06. The van der Waals surface area contributed by atoms with Crippen LogP contribution >= 0.6 is 11.3 Å². The molecule has 0 aliphatic heterocycles. The molecule has 0 fully saturated rings. The van der Waals surface area contributed by atoms with Gasteiger partial charge in [-0.1, -0.05) is 42.0 Å². The molecule has 148 valence electrons. The van der Waals surface area contributed by atoms with Crippen molar-refractivity contribution in [1.29, 1.82) is 0 Å². The summed E-state index contributed by atoms with van der Waals surface area (Å²) >= 11 is 1.24. The van der Waals surface area contributed by atoms with E-state index in [-0.39, 0.29) is 11.3 Å². The summed E-state index contributed by atoms with van der Waals surface area (Å²) in [5.74, 6) is -1.52. The predicted octanol–water partition coefficient (Wildman–Crippen LogP) is 4.13. The SMILES string of the molecule is Cc1ccc(-c2csc(NC(=O)COC(=O)c3cccc(C)c3[N+](=O)[O-])n2)cc1. The summed E-state index contributed by atoms with van der Waals surface area (Å²) in [5.41, 5.74) is 2.58. The van der Waals surface area contributed by atoms with E-state index in [4.69, 9.17) is 4.74 Å². The molecule has 9 heteroatoms. The number of nitro groups is 1. The van der Waals surface area contributed by atoms with E-state index in [0.717, 1.165) is 16.8 Å². The number of aromatic nitrogens is 1. The van der Waals surface area contributed by atoms with Gasteiger partial charge in [0.25, 0.3) is 11.6 Å². The van der Waals surface area contributed by atoms with Crippen LogP contribution in [0.5, 0.6) is 0 Å². The lowest BCUT2D eigenvalue weighted by molar-refractivity contribution is -0.385. The monoisotopic (exact) mass is 411 g/mol. The minimum absolute atomic E-state index is 0.196. The highest BCUT2D eigenvalue weighted by molar-refractivity contribution is 7.14. The first-order chi connectivity index (χ1) is 13.8. The molecule has 3 aromatic rings. The lowest BCUT2D eigenvalue weighted by Crippen LogP contribution is -2.21. The van der Waals surface area contributed by atoms with Gasteiger partial charge >= 0.3 is 5.97 Å². The Labute approximate surface area is 170 Å². The van der Waals surface area contributed by atoms with Crippen LogP contribution in [-0.4, -0.2) is 28.4 Å². The highest BCUT2D eigenvalue weighted by Gasteiger charge is 2.24. The fraction of sp³-hybridized carbons (Fsp3) is 0.150. The third-order valence-electron chi connectivity index (χ3n) is 4.07. The van der Waals surface area contributed by atoms with Crippen LogP contribution in [-0.2, 0) is 9.53 Å². The fourth-order valence-corrected chi connectivity index (χ4v) is 3.35. The van der Waals surface area contributed by atoms with Crippen molar-refractivity contribution in [2.24, 2.45) is 0 Å². The first kappa shape index (κ1) is 20.2. The zero-order valence-electron chi connectivity index (χ0n) is 15.7. The van der Waals surface area contributed by atoms with Crippen molar-refractivity contribution in [3.8, 4) is 11.3 Å². The zero-order chi connectivity index (χ0) is 21.0. The van der Waals surface area contributed by atoms with Gasteiger partial charge in [-0.25, -0.2) is 9.78 Å². The van der Waals surface area contributed by atoms with E-state index < -0.39 is 23.4 Å². The third-order valence-corrected chi connectivity index (χ3v) is 4.83. The molecule has 0 radical (unpaired) electrons. The van der Waals surface area contributed by atoms with Crippen LogP contribution in [0, 0.1) is 24.0 Å². The number of hydrogen-bond donors (Lipinski definition) is 1. The van der Waals surface area contributed by atoms with E-state index in [1.165, 1.54) is 36.5 Å². The molecule has 1 N–H and O–H groups in total. The number of nitrogens with one attached hydrogen (secondary N) is 1. The minimum atomic E-state index is -0.935. The maximum atomic E-state index is 12.2. The highest BCUT2D eigenvalue weighted by atomic mass is 32.1. The van der Waals surface area contributed by atoms with Crippen LogP contribution in [0.3, 0.4) is 0 Å². The Kier molecular flexibility index (Phi) is 5.99. The van der Waals surface area contributed by atoms with Gasteiger partial charge in [-0.3, -0.25) is 20.2 Å². The number of nitrogens with zero attached hydrogens (tertiary/aromatic N) is 2. The number of aryl methyl sites for hydroxylation is 2. The Morgan fingerprint density at radius 3 is 2.59 bits per heavy atom. The van der Waals surface area contributed by atoms with Crippen molar-refractivity contribution in [2.45, 2.75) is 13.8 Å². The number of thiazole rings is 1. The number of carbonyl (C=O) groups is 2. The summed E-state index contributed by atoms with van der Waals surface area (Å²) in [6.07, 6.45) is 0. The second-order valence-electron chi connectivity index (χ2n) is 6.26. The Hall–Kier alpha value is -3.59. The maximum absolute atomic E-state index is 12.2.